The summed E-state index contributed by atoms with van der Waals surface area (Å²) < 4.78 is 5.06. The largest absolute Gasteiger partial charge is 0.383 e. The molecule has 1 aromatic rings. The Labute approximate surface area is 123 Å². The second-order valence-corrected chi connectivity index (χ2v) is 5.21. The van der Waals surface area contributed by atoms with E-state index in [1.807, 2.05) is 12.3 Å². The third-order valence-corrected chi connectivity index (χ3v) is 3.58. The van der Waals surface area contributed by atoms with Crippen LogP contribution in [0.3, 0.4) is 0 Å². The summed E-state index contributed by atoms with van der Waals surface area (Å²) in [4.78, 5) is 6.97. The van der Waals surface area contributed by atoms with Crippen molar-refractivity contribution in [3.8, 4) is 0 Å². The Hall–Kier alpha value is -1.13. The summed E-state index contributed by atoms with van der Waals surface area (Å²) in [5.41, 5.74) is 1.26. The number of anilines is 1. The van der Waals surface area contributed by atoms with E-state index < -0.39 is 0 Å². The maximum absolute atomic E-state index is 5.06. The molecule has 1 heterocycles. The van der Waals surface area contributed by atoms with Crippen molar-refractivity contribution in [2.24, 2.45) is 5.92 Å². The van der Waals surface area contributed by atoms with Crippen LogP contribution in [0.5, 0.6) is 0 Å². The van der Waals surface area contributed by atoms with Crippen LogP contribution in [0.2, 0.25) is 0 Å². The Morgan fingerprint density at radius 2 is 2.20 bits per heavy atom. The van der Waals surface area contributed by atoms with Crippen molar-refractivity contribution in [2.75, 3.05) is 38.3 Å². The van der Waals surface area contributed by atoms with Crippen molar-refractivity contribution in [2.45, 2.75) is 33.7 Å². The van der Waals surface area contributed by atoms with Gasteiger partial charge in [-0.05, 0) is 18.9 Å². The molecule has 0 radical (unpaired) electrons. The van der Waals surface area contributed by atoms with Crippen LogP contribution < -0.4 is 10.2 Å². The molecule has 0 aliphatic heterocycles. The monoisotopic (exact) mass is 279 g/mol. The van der Waals surface area contributed by atoms with Gasteiger partial charge in [0, 0.05) is 45.0 Å². The average molecular weight is 279 g/mol. The molecule has 0 amide bonds. The molecule has 1 rings (SSSR count). The first-order valence-corrected chi connectivity index (χ1v) is 7.61. The molecule has 20 heavy (non-hydrogen) atoms. The van der Waals surface area contributed by atoms with Gasteiger partial charge in [0.2, 0.25) is 0 Å². The summed E-state index contributed by atoms with van der Waals surface area (Å²) in [7, 11) is 1.72. The SMILES string of the molecule is CCC(C)CN(CC)c1ncccc1CNCCOC. The molecule has 0 aliphatic carbocycles. The first-order chi connectivity index (χ1) is 9.72. The molecule has 1 aromatic heterocycles. The maximum Gasteiger partial charge on any atom is 0.133 e. The quantitative estimate of drug-likeness (QED) is 0.668. The molecule has 1 unspecified atom stereocenters. The number of pyridine rings is 1. The predicted molar refractivity (Wildman–Crippen MR) is 85.2 cm³/mol. The van der Waals surface area contributed by atoms with Gasteiger partial charge in [-0.15, -0.1) is 0 Å². The summed E-state index contributed by atoms with van der Waals surface area (Å²) in [6, 6.07) is 4.16. The van der Waals surface area contributed by atoms with Crippen molar-refractivity contribution < 1.29 is 4.74 Å². The first-order valence-electron chi connectivity index (χ1n) is 7.61. The fourth-order valence-corrected chi connectivity index (χ4v) is 2.12. The minimum atomic E-state index is 0.686. The highest BCUT2D eigenvalue weighted by atomic mass is 16.5. The van der Waals surface area contributed by atoms with E-state index in [1.54, 1.807) is 7.11 Å². The van der Waals surface area contributed by atoms with Gasteiger partial charge in [-0.25, -0.2) is 4.98 Å². The minimum absolute atomic E-state index is 0.686. The van der Waals surface area contributed by atoms with E-state index >= 15 is 0 Å². The Bertz CT molecular complexity index is 370. The summed E-state index contributed by atoms with van der Waals surface area (Å²) in [6.45, 7) is 11.2. The molecule has 4 nitrogen and oxygen atoms in total. The van der Waals surface area contributed by atoms with E-state index in [9.17, 15) is 0 Å². The van der Waals surface area contributed by atoms with Crippen LogP contribution in [-0.4, -0.2) is 38.3 Å². The molecule has 0 bridgehead atoms. The average Bonchev–Trinajstić information content (AvgIpc) is 2.49. The zero-order chi connectivity index (χ0) is 14.8. The van der Waals surface area contributed by atoms with E-state index in [0.29, 0.717) is 5.92 Å². The van der Waals surface area contributed by atoms with Crippen LogP contribution in [-0.2, 0) is 11.3 Å². The summed E-state index contributed by atoms with van der Waals surface area (Å²) in [5.74, 6) is 1.80. The Morgan fingerprint density at radius 3 is 2.85 bits per heavy atom. The number of aromatic nitrogens is 1. The van der Waals surface area contributed by atoms with Gasteiger partial charge in [-0.3, -0.25) is 0 Å². The predicted octanol–water partition coefficient (Wildman–Crippen LogP) is 2.69. The highest BCUT2D eigenvalue weighted by molar-refractivity contribution is 5.46. The molecule has 0 fully saturated rings. The van der Waals surface area contributed by atoms with E-state index in [0.717, 1.165) is 38.6 Å². The molecule has 0 saturated heterocycles. The fourth-order valence-electron chi connectivity index (χ4n) is 2.12. The molecule has 1 atom stereocenters. The molecule has 0 aliphatic rings. The smallest absolute Gasteiger partial charge is 0.133 e. The molecule has 0 spiro atoms. The maximum atomic E-state index is 5.06. The van der Waals surface area contributed by atoms with Gasteiger partial charge < -0.3 is 15.0 Å². The number of rotatable bonds is 10. The van der Waals surface area contributed by atoms with Crippen molar-refractivity contribution in [3.05, 3.63) is 23.9 Å². The fraction of sp³-hybridized carbons (Fsp3) is 0.688. The van der Waals surface area contributed by atoms with Gasteiger partial charge in [0.25, 0.3) is 0 Å². The molecule has 0 aromatic carbocycles. The van der Waals surface area contributed by atoms with Crippen LogP contribution in [0.4, 0.5) is 5.82 Å². The van der Waals surface area contributed by atoms with Gasteiger partial charge in [-0.2, -0.15) is 0 Å². The Balaban J connectivity index is 2.71. The summed E-state index contributed by atoms with van der Waals surface area (Å²) >= 11 is 0. The lowest BCUT2D eigenvalue weighted by Gasteiger charge is -2.27. The van der Waals surface area contributed by atoms with Crippen molar-refractivity contribution >= 4 is 5.82 Å². The van der Waals surface area contributed by atoms with Crippen LogP contribution in [0.15, 0.2) is 18.3 Å². The second kappa shape index (κ2) is 9.72. The number of nitrogens with one attached hydrogen (secondary N) is 1. The number of ether oxygens (including phenoxy) is 1. The molecule has 4 heteroatoms. The van der Waals surface area contributed by atoms with Crippen molar-refractivity contribution in [1.82, 2.24) is 10.3 Å². The van der Waals surface area contributed by atoms with Gasteiger partial charge in [0.15, 0.2) is 0 Å². The van der Waals surface area contributed by atoms with E-state index in [-0.39, 0.29) is 0 Å². The third kappa shape index (κ3) is 5.47. The van der Waals surface area contributed by atoms with Crippen molar-refractivity contribution in [3.63, 3.8) is 0 Å². The number of hydrogen-bond acceptors (Lipinski definition) is 4. The van der Waals surface area contributed by atoms with Crippen molar-refractivity contribution in [1.29, 1.82) is 0 Å². The third-order valence-electron chi connectivity index (χ3n) is 3.58. The Kier molecular flexibility index (Phi) is 8.23. The molecule has 114 valence electrons. The minimum Gasteiger partial charge on any atom is -0.383 e. The van der Waals surface area contributed by atoms with Crippen LogP contribution in [0.1, 0.15) is 32.8 Å². The highest BCUT2D eigenvalue weighted by Crippen LogP contribution is 2.19. The van der Waals surface area contributed by atoms with Gasteiger partial charge in [0.1, 0.15) is 5.82 Å². The molecular weight excluding hydrogens is 250 g/mol. The highest BCUT2D eigenvalue weighted by Gasteiger charge is 2.13. The number of hydrogen-bond donors (Lipinski definition) is 1. The normalized spacial score (nSPS) is 12.4. The lowest BCUT2D eigenvalue weighted by Crippen LogP contribution is -2.30. The van der Waals surface area contributed by atoms with E-state index in [4.69, 9.17) is 4.74 Å². The van der Waals surface area contributed by atoms with Crippen LogP contribution >= 0.6 is 0 Å². The van der Waals surface area contributed by atoms with Gasteiger partial charge >= 0.3 is 0 Å². The van der Waals surface area contributed by atoms with Crippen LogP contribution in [0.25, 0.3) is 0 Å². The lowest BCUT2D eigenvalue weighted by molar-refractivity contribution is 0.199. The first kappa shape index (κ1) is 16.9. The van der Waals surface area contributed by atoms with E-state index in [1.165, 1.54) is 12.0 Å². The topological polar surface area (TPSA) is 37.4 Å². The second-order valence-electron chi connectivity index (χ2n) is 5.21. The van der Waals surface area contributed by atoms with Crippen LogP contribution in [0, 0.1) is 5.92 Å². The summed E-state index contributed by atoms with van der Waals surface area (Å²) in [6.07, 6.45) is 3.08. The number of methoxy groups -OCH3 is 1. The summed E-state index contributed by atoms with van der Waals surface area (Å²) in [5, 5.41) is 3.40. The van der Waals surface area contributed by atoms with Gasteiger partial charge in [-0.1, -0.05) is 26.3 Å². The zero-order valence-corrected chi connectivity index (χ0v) is 13.4. The van der Waals surface area contributed by atoms with Gasteiger partial charge in [0.05, 0.1) is 6.61 Å². The molecule has 1 N–H and O–H groups in total. The molecular formula is C16H29N3O. The molecule has 0 saturated carbocycles. The number of nitrogens with zero attached hydrogens (tertiary/aromatic N) is 2. The lowest BCUT2D eigenvalue weighted by atomic mass is 10.1. The van der Waals surface area contributed by atoms with E-state index in [2.05, 4.69) is 42.0 Å². The Morgan fingerprint density at radius 1 is 1.40 bits per heavy atom. The zero-order valence-electron chi connectivity index (χ0n) is 13.4. The standard InChI is InChI=1S/C16H29N3O/c1-5-14(3)13-19(6-2)16-15(8-7-9-18-16)12-17-10-11-20-4/h7-9,14,17H,5-6,10-13H2,1-4H3.